The lowest BCUT2D eigenvalue weighted by atomic mass is 9.55. The van der Waals surface area contributed by atoms with E-state index >= 15 is 0 Å². The minimum Gasteiger partial charge on any atom is -0.497 e. The number of anilines is 1. The smallest absolute Gasteiger partial charge is 0.417 e. The second-order valence-corrected chi connectivity index (χ2v) is 15.6. The Morgan fingerprint density at radius 2 is 1.74 bits per heavy atom. The number of nitrogens with zero attached hydrogens (tertiary/aromatic N) is 2. The number of methoxy groups -OCH3 is 3. The first-order chi connectivity index (χ1) is 27.3. The molecule has 6 atom stereocenters. The van der Waals surface area contributed by atoms with E-state index in [1.54, 1.807) is 50.6 Å². The third-order valence-corrected chi connectivity index (χ3v) is 10.9. The molecule has 1 heterocycles. The Labute approximate surface area is 335 Å². The van der Waals surface area contributed by atoms with Gasteiger partial charge in [-0.1, -0.05) is 30.1 Å². The van der Waals surface area contributed by atoms with Gasteiger partial charge in [0.1, 0.15) is 34.6 Å². The normalized spacial score (nSPS) is 24.2. The first-order valence-corrected chi connectivity index (χ1v) is 19.6. The fourth-order valence-corrected chi connectivity index (χ4v) is 8.40. The molecule has 2 aromatic rings. The van der Waals surface area contributed by atoms with Crippen molar-refractivity contribution in [3.63, 3.8) is 0 Å². The summed E-state index contributed by atoms with van der Waals surface area (Å²) in [5, 5.41) is 27.2. The molecule has 312 valence electrons. The van der Waals surface area contributed by atoms with Gasteiger partial charge in [0.05, 0.1) is 45.3 Å². The monoisotopic (exact) mass is 793 g/mol. The molecule has 3 aliphatic rings. The van der Waals surface area contributed by atoms with Gasteiger partial charge in [0, 0.05) is 44.2 Å². The van der Waals surface area contributed by atoms with Crippen LogP contribution in [0.3, 0.4) is 0 Å². The number of rotatable bonds is 17. The van der Waals surface area contributed by atoms with Crippen LogP contribution in [-0.2, 0) is 14.3 Å². The number of benzene rings is 2. The number of unbranched alkanes of at least 4 members (excludes halogenated alkanes) is 2. The Morgan fingerprint density at radius 1 is 1.02 bits per heavy atom. The van der Waals surface area contributed by atoms with Crippen LogP contribution in [-0.4, -0.2) is 98.6 Å². The quantitative estimate of drug-likeness (QED) is 0.0828. The predicted octanol–water partition coefficient (Wildman–Crippen LogP) is 7.45. The summed E-state index contributed by atoms with van der Waals surface area (Å²) in [6, 6.07) is 9.58. The average Bonchev–Trinajstić information content (AvgIpc) is 3.19. The zero-order valence-electron chi connectivity index (χ0n) is 34.2. The number of likely N-dealkylation sites (N-methyl/N-ethyl adjacent to an activating group) is 1. The molecular formula is C43H59N3O11. The third kappa shape index (κ3) is 9.68. The van der Waals surface area contributed by atoms with Crippen molar-refractivity contribution in [2.75, 3.05) is 53.5 Å². The molecule has 1 saturated carbocycles. The highest BCUT2D eigenvalue weighted by atomic mass is 16.7. The van der Waals surface area contributed by atoms with Crippen molar-refractivity contribution in [1.82, 2.24) is 4.90 Å². The molecule has 0 radical (unpaired) electrons. The molecule has 1 fully saturated rings. The summed E-state index contributed by atoms with van der Waals surface area (Å²) in [6.07, 6.45) is 7.19. The number of nitrogens with one attached hydrogen (secondary N) is 1. The highest BCUT2D eigenvalue weighted by Gasteiger charge is 2.65. The van der Waals surface area contributed by atoms with Gasteiger partial charge in [-0.25, -0.2) is 9.59 Å². The molecule has 2 aromatic carbocycles. The number of ether oxygens (including phenoxy) is 6. The van der Waals surface area contributed by atoms with Crippen molar-refractivity contribution in [3.8, 4) is 23.0 Å². The van der Waals surface area contributed by atoms with Crippen LogP contribution in [0, 0.1) is 17.8 Å². The number of carbonyl (C=O) groups excluding carboxylic acids is 2. The highest BCUT2D eigenvalue weighted by molar-refractivity contribution is 6.03. The molecule has 0 saturated heterocycles. The molecule has 2 amide bonds. The van der Waals surface area contributed by atoms with Gasteiger partial charge < -0.3 is 48.4 Å². The summed E-state index contributed by atoms with van der Waals surface area (Å²) in [7, 11) is 6.04. The first-order valence-electron chi connectivity index (χ1n) is 19.6. The number of hydrogen-bond acceptors (Lipinski definition) is 12. The van der Waals surface area contributed by atoms with Gasteiger partial charge in [-0.15, -0.1) is 6.58 Å². The van der Waals surface area contributed by atoms with Crippen LogP contribution in [0.25, 0.3) is 0 Å². The first kappa shape index (κ1) is 43.3. The van der Waals surface area contributed by atoms with Crippen LogP contribution in [0.2, 0.25) is 0 Å². The maximum Gasteiger partial charge on any atom is 0.417 e. The molecule has 2 aliphatic carbocycles. The van der Waals surface area contributed by atoms with Gasteiger partial charge >= 0.3 is 12.2 Å². The molecule has 1 aliphatic heterocycles. The van der Waals surface area contributed by atoms with E-state index in [2.05, 4.69) is 18.0 Å². The molecule has 0 aromatic heterocycles. The molecule has 14 heteroatoms. The second-order valence-electron chi connectivity index (χ2n) is 15.6. The molecular weight excluding hydrogens is 734 g/mol. The minimum absolute atomic E-state index is 0.0158. The number of oxime groups is 1. The molecule has 14 nitrogen and oxygen atoms in total. The maximum absolute atomic E-state index is 13.4. The number of aliphatic hydroxyl groups excluding tert-OH is 2. The summed E-state index contributed by atoms with van der Waals surface area (Å²) in [6.45, 7) is 9.96. The molecule has 0 spiro atoms. The fourth-order valence-electron chi connectivity index (χ4n) is 8.40. The van der Waals surface area contributed by atoms with Gasteiger partial charge in [0.15, 0.2) is 0 Å². The Kier molecular flexibility index (Phi) is 14.5. The molecule has 3 N–H and O–H groups in total. The summed E-state index contributed by atoms with van der Waals surface area (Å²) < 4.78 is 35.8. The molecule has 0 bridgehead atoms. The van der Waals surface area contributed by atoms with Crippen molar-refractivity contribution in [1.29, 1.82) is 0 Å². The summed E-state index contributed by atoms with van der Waals surface area (Å²) in [4.78, 5) is 34.4. The number of fused-ring (bicyclic) bond motifs is 2. The summed E-state index contributed by atoms with van der Waals surface area (Å²) in [5.41, 5.74) is 2.14. The van der Waals surface area contributed by atoms with E-state index in [1.807, 2.05) is 26.8 Å². The van der Waals surface area contributed by atoms with Crippen molar-refractivity contribution in [3.05, 3.63) is 66.3 Å². The van der Waals surface area contributed by atoms with Crippen LogP contribution < -0.4 is 24.3 Å². The van der Waals surface area contributed by atoms with Crippen LogP contribution in [0.5, 0.6) is 23.0 Å². The topological polar surface area (TPSA) is 167 Å². The van der Waals surface area contributed by atoms with Gasteiger partial charge in [-0.3, -0.25) is 5.32 Å². The van der Waals surface area contributed by atoms with Gasteiger partial charge in [-0.05, 0) is 94.2 Å². The number of carbonyl (C=O) groups is 2. The van der Waals surface area contributed by atoms with Crippen LogP contribution in [0.15, 0.2) is 65.9 Å². The van der Waals surface area contributed by atoms with Gasteiger partial charge in [-0.2, -0.15) is 0 Å². The minimum atomic E-state index is -1.43. The van der Waals surface area contributed by atoms with E-state index in [4.69, 9.17) is 38.4 Å². The summed E-state index contributed by atoms with van der Waals surface area (Å²) in [5.74, 6) is -0.488. The molecule has 5 rings (SSSR count). The predicted molar refractivity (Wildman–Crippen MR) is 215 cm³/mol. The Hall–Kier alpha value is -4.79. The van der Waals surface area contributed by atoms with Crippen LogP contribution in [0.4, 0.5) is 15.3 Å². The highest BCUT2D eigenvalue weighted by Crippen LogP contribution is 2.62. The second kappa shape index (κ2) is 19.1. The van der Waals surface area contributed by atoms with E-state index in [0.29, 0.717) is 41.5 Å². The van der Waals surface area contributed by atoms with Gasteiger partial charge in [0.25, 0.3) is 0 Å². The van der Waals surface area contributed by atoms with E-state index in [9.17, 15) is 19.8 Å². The SMILES string of the molecule is C=CCO[C@@]12Oc3ccc(OC(=O)Nc4ccc(OC)cc4OC)cc3[C@H]3[C@H](CCCCO)[C@@H](CCCCO)C=C(C(=NOC(C)(C)C)C[C@@H]1N(C)C(=O)OC)[C@H]32. The van der Waals surface area contributed by atoms with Crippen molar-refractivity contribution in [2.24, 2.45) is 22.9 Å². The lowest BCUT2D eigenvalue weighted by Crippen LogP contribution is -2.69. The Morgan fingerprint density at radius 3 is 2.39 bits per heavy atom. The number of aliphatic hydroxyl groups is 2. The molecule has 0 unspecified atom stereocenters. The third-order valence-electron chi connectivity index (χ3n) is 10.9. The van der Waals surface area contributed by atoms with Crippen LogP contribution >= 0.6 is 0 Å². The Balaban J connectivity index is 1.70. The van der Waals surface area contributed by atoms with E-state index < -0.39 is 35.5 Å². The van der Waals surface area contributed by atoms with Crippen molar-refractivity contribution in [2.45, 2.75) is 89.1 Å². The largest absolute Gasteiger partial charge is 0.497 e. The average molecular weight is 794 g/mol. The Bertz CT molecular complexity index is 1790. The number of allylic oxidation sites excluding steroid dienone is 1. The number of hydrogen-bond donors (Lipinski definition) is 3. The lowest BCUT2D eigenvalue weighted by Gasteiger charge is -2.59. The fraction of sp³-hybridized carbons (Fsp3) is 0.558. The lowest BCUT2D eigenvalue weighted by molar-refractivity contribution is -0.253. The number of amides is 2. The van der Waals surface area contributed by atoms with Crippen molar-refractivity contribution < 1.29 is 53.1 Å². The maximum atomic E-state index is 13.4. The van der Waals surface area contributed by atoms with E-state index in [1.165, 1.54) is 19.1 Å². The molecule has 57 heavy (non-hydrogen) atoms. The standard InChI is InChI=1S/C43H59N3O11/c1-9-22-54-43-37(46(5)41(50)53-8)26-34(45-57-42(2,3)4)31-23-27(14-10-12-20-47)30(15-11-13-21-48)38(39(31)43)32-24-29(17-19-35(32)56-43)55-40(49)44-33-18-16-28(51-6)25-36(33)52-7/h9,16-19,23-25,27,30,37-39,47-48H,1,10-15,20-22,26H2,2-8H3,(H,44,49)/t27-,30+,37-,38+,39+,43+/m0/s1. The summed E-state index contributed by atoms with van der Waals surface area (Å²) >= 11 is 0. The zero-order chi connectivity index (χ0) is 41.3. The van der Waals surface area contributed by atoms with E-state index in [0.717, 1.165) is 36.8 Å². The van der Waals surface area contributed by atoms with Crippen LogP contribution in [0.1, 0.15) is 77.2 Å². The van der Waals surface area contributed by atoms with E-state index in [-0.39, 0.29) is 49.7 Å². The van der Waals surface area contributed by atoms with Gasteiger partial charge in [0.2, 0.25) is 5.79 Å². The zero-order valence-corrected chi connectivity index (χ0v) is 34.2. The van der Waals surface area contributed by atoms with Crippen molar-refractivity contribution >= 4 is 23.6 Å².